The summed E-state index contributed by atoms with van der Waals surface area (Å²) in [7, 11) is 0. The van der Waals surface area contributed by atoms with Gasteiger partial charge in [0, 0.05) is 23.2 Å². The maximum Gasteiger partial charge on any atom is 0.109 e. The van der Waals surface area contributed by atoms with Gasteiger partial charge in [0.05, 0.1) is 11.0 Å². The molecule has 17 heavy (non-hydrogen) atoms. The number of pyridine rings is 1. The lowest BCUT2D eigenvalue weighted by Gasteiger charge is -1.99. The van der Waals surface area contributed by atoms with Gasteiger partial charge in [0.1, 0.15) is 5.82 Å². The van der Waals surface area contributed by atoms with Crippen LogP contribution in [-0.4, -0.2) is 15.0 Å². The third-order valence-electron chi connectivity index (χ3n) is 3.06. The lowest BCUT2D eigenvalue weighted by atomic mass is 10.1. The number of fused-ring (bicyclic) bond motifs is 3. The molecule has 0 saturated heterocycles. The van der Waals surface area contributed by atoms with Gasteiger partial charge in [-0.2, -0.15) is 0 Å². The number of aromatic amines is 1. The Balaban J connectivity index is 2.38. The van der Waals surface area contributed by atoms with Crippen molar-refractivity contribution in [3.05, 3.63) is 35.9 Å². The molecule has 2 aromatic heterocycles. The number of aromatic nitrogens is 3. The zero-order valence-corrected chi connectivity index (χ0v) is 10.3. The van der Waals surface area contributed by atoms with E-state index in [1.54, 1.807) is 0 Å². The van der Waals surface area contributed by atoms with Gasteiger partial charge in [0.15, 0.2) is 0 Å². The van der Waals surface area contributed by atoms with Crippen LogP contribution in [0.4, 0.5) is 0 Å². The van der Waals surface area contributed by atoms with Crippen molar-refractivity contribution < 1.29 is 0 Å². The van der Waals surface area contributed by atoms with Crippen molar-refractivity contribution >= 4 is 21.8 Å². The van der Waals surface area contributed by atoms with E-state index in [1.165, 1.54) is 5.39 Å². The first kappa shape index (κ1) is 10.3. The molecule has 3 aromatic rings. The fraction of sp³-hybridized carbons (Fsp3) is 0.286. The van der Waals surface area contributed by atoms with Crippen LogP contribution >= 0.6 is 0 Å². The second kappa shape index (κ2) is 3.55. The first-order valence-corrected chi connectivity index (χ1v) is 5.90. The Bertz CT molecular complexity index is 695. The third kappa shape index (κ3) is 1.58. The highest BCUT2D eigenvalue weighted by Gasteiger charge is 2.09. The quantitative estimate of drug-likeness (QED) is 0.688. The lowest BCUT2D eigenvalue weighted by molar-refractivity contribution is 0.799. The molecule has 0 fully saturated rings. The van der Waals surface area contributed by atoms with E-state index in [0.717, 1.165) is 27.9 Å². The summed E-state index contributed by atoms with van der Waals surface area (Å²) in [5.41, 5.74) is 3.16. The summed E-state index contributed by atoms with van der Waals surface area (Å²) in [5, 5.41) is 2.36. The van der Waals surface area contributed by atoms with E-state index in [-0.39, 0.29) is 0 Å². The molecule has 0 saturated carbocycles. The summed E-state index contributed by atoms with van der Waals surface area (Å²) in [6.07, 6.45) is 1.93. The molecular formula is C14H15N3. The molecule has 1 aromatic carbocycles. The number of hydrogen-bond donors (Lipinski definition) is 1. The molecule has 1 N–H and O–H groups in total. The maximum absolute atomic E-state index is 4.60. The van der Waals surface area contributed by atoms with Gasteiger partial charge < -0.3 is 4.98 Å². The summed E-state index contributed by atoms with van der Waals surface area (Å²) >= 11 is 0. The number of hydrogen-bond acceptors (Lipinski definition) is 2. The minimum absolute atomic E-state index is 0.413. The average molecular weight is 225 g/mol. The van der Waals surface area contributed by atoms with Crippen LogP contribution in [0.25, 0.3) is 21.8 Å². The fourth-order valence-electron chi connectivity index (χ4n) is 2.10. The van der Waals surface area contributed by atoms with E-state index in [4.69, 9.17) is 0 Å². The van der Waals surface area contributed by atoms with Gasteiger partial charge in [-0.3, -0.25) is 4.98 Å². The topological polar surface area (TPSA) is 41.6 Å². The molecule has 3 heteroatoms. The summed E-state index contributed by atoms with van der Waals surface area (Å²) in [4.78, 5) is 12.4. The molecule has 0 aliphatic carbocycles. The highest BCUT2D eigenvalue weighted by molar-refractivity contribution is 6.03. The standard InChI is InChI=1S/C14H15N3/c1-8(2)14-16-12-5-4-10-6-9(3)15-7-11(10)13(12)17-14/h4-8H,1-3H3,(H,16,17). The molecule has 3 nitrogen and oxygen atoms in total. The number of nitrogens with zero attached hydrogens (tertiary/aromatic N) is 2. The van der Waals surface area contributed by atoms with Crippen molar-refractivity contribution in [1.82, 2.24) is 15.0 Å². The summed E-state index contributed by atoms with van der Waals surface area (Å²) in [6.45, 7) is 6.29. The minimum Gasteiger partial charge on any atom is -0.341 e. The molecule has 0 aliphatic heterocycles. The van der Waals surface area contributed by atoms with Crippen LogP contribution in [0.2, 0.25) is 0 Å². The average Bonchev–Trinajstić information content (AvgIpc) is 2.72. The monoisotopic (exact) mass is 225 g/mol. The van der Waals surface area contributed by atoms with Gasteiger partial charge in [-0.1, -0.05) is 19.9 Å². The second-order valence-corrected chi connectivity index (χ2v) is 4.78. The minimum atomic E-state index is 0.413. The molecule has 0 amide bonds. The van der Waals surface area contributed by atoms with Crippen molar-refractivity contribution in [2.24, 2.45) is 0 Å². The van der Waals surface area contributed by atoms with Gasteiger partial charge in [0.25, 0.3) is 0 Å². The predicted molar refractivity (Wildman–Crippen MR) is 70.2 cm³/mol. The van der Waals surface area contributed by atoms with Crippen molar-refractivity contribution in [3.8, 4) is 0 Å². The molecule has 2 heterocycles. The first-order valence-electron chi connectivity index (χ1n) is 5.90. The summed E-state index contributed by atoms with van der Waals surface area (Å²) in [5.74, 6) is 1.45. The molecule has 0 aliphatic rings. The van der Waals surface area contributed by atoms with Crippen molar-refractivity contribution in [3.63, 3.8) is 0 Å². The van der Waals surface area contributed by atoms with Gasteiger partial charge in [-0.05, 0) is 24.4 Å². The fourth-order valence-corrected chi connectivity index (χ4v) is 2.10. The number of H-pyrrole nitrogens is 1. The molecule has 0 radical (unpaired) electrons. The van der Waals surface area contributed by atoms with Gasteiger partial charge in [-0.15, -0.1) is 0 Å². The Kier molecular flexibility index (Phi) is 2.15. The number of aryl methyl sites for hydroxylation is 1. The van der Waals surface area contributed by atoms with Crippen LogP contribution < -0.4 is 0 Å². The zero-order valence-electron chi connectivity index (χ0n) is 10.3. The highest BCUT2D eigenvalue weighted by atomic mass is 14.9. The first-order chi connectivity index (χ1) is 8.15. The van der Waals surface area contributed by atoms with E-state index in [2.05, 4.69) is 47.0 Å². The molecule has 0 bridgehead atoms. The van der Waals surface area contributed by atoms with E-state index >= 15 is 0 Å². The molecule has 86 valence electrons. The normalized spacial score (nSPS) is 11.8. The van der Waals surface area contributed by atoms with E-state index < -0.39 is 0 Å². The Morgan fingerprint density at radius 2 is 2.06 bits per heavy atom. The van der Waals surface area contributed by atoms with Crippen LogP contribution in [0.3, 0.4) is 0 Å². The van der Waals surface area contributed by atoms with Crippen molar-refractivity contribution in [2.45, 2.75) is 26.7 Å². The van der Waals surface area contributed by atoms with Crippen LogP contribution in [-0.2, 0) is 0 Å². The Morgan fingerprint density at radius 3 is 2.82 bits per heavy atom. The number of nitrogens with one attached hydrogen (secondary N) is 1. The van der Waals surface area contributed by atoms with Gasteiger partial charge in [-0.25, -0.2) is 4.98 Å². The molecule has 0 atom stereocenters. The smallest absolute Gasteiger partial charge is 0.109 e. The van der Waals surface area contributed by atoms with Crippen LogP contribution in [0, 0.1) is 6.92 Å². The zero-order chi connectivity index (χ0) is 12.0. The molecule has 3 rings (SSSR count). The number of rotatable bonds is 1. The maximum atomic E-state index is 4.60. The van der Waals surface area contributed by atoms with E-state index in [0.29, 0.717) is 5.92 Å². The van der Waals surface area contributed by atoms with Crippen molar-refractivity contribution in [2.75, 3.05) is 0 Å². The van der Waals surface area contributed by atoms with E-state index in [9.17, 15) is 0 Å². The van der Waals surface area contributed by atoms with Gasteiger partial charge >= 0.3 is 0 Å². The van der Waals surface area contributed by atoms with Gasteiger partial charge in [0.2, 0.25) is 0 Å². The second-order valence-electron chi connectivity index (χ2n) is 4.78. The Labute approximate surface area is 99.9 Å². The van der Waals surface area contributed by atoms with Crippen LogP contribution in [0.15, 0.2) is 24.4 Å². The molecule has 0 spiro atoms. The molecular weight excluding hydrogens is 210 g/mol. The third-order valence-corrected chi connectivity index (χ3v) is 3.06. The number of imidazole rings is 1. The summed E-state index contributed by atoms with van der Waals surface area (Å²) in [6, 6.07) is 6.28. The van der Waals surface area contributed by atoms with Crippen LogP contribution in [0.5, 0.6) is 0 Å². The highest BCUT2D eigenvalue weighted by Crippen LogP contribution is 2.25. The number of benzene rings is 1. The molecule has 0 unspecified atom stereocenters. The Hall–Kier alpha value is -1.90. The summed E-state index contributed by atoms with van der Waals surface area (Å²) < 4.78 is 0. The van der Waals surface area contributed by atoms with Crippen LogP contribution in [0.1, 0.15) is 31.3 Å². The lowest BCUT2D eigenvalue weighted by Crippen LogP contribution is -1.88. The largest absolute Gasteiger partial charge is 0.341 e. The van der Waals surface area contributed by atoms with E-state index in [1.807, 2.05) is 13.1 Å². The predicted octanol–water partition coefficient (Wildman–Crippen LogP) is 3.54. The Morgan fingerprint density at radius 1 is 1.24 bits per heavy atom. The SMILES string of the molecule is Cc1cc2ccc3nc(C(C)C)[nH]c3c2cn1. The van der Waals surface area contributed by atoms with Crippen molar-refractivity contribution in [1.29, 1.82) is 0 Å².